The van der Waals surface area contributed by atoms with Gasteiger partial charge in [0.2, 0.25) is 5.91 Å². The molecule has 1 unspecified atom stereocenters. The number of halogens is 5. The molecular weight excluding hydrogens is 432 g/mol. The number of rotatable bonds is 5. The quantitative estimate of drug-likeness (QED) is 0.594. The Kier molecular flexibility index (Phi) is 7.02. The first-order valence-corrected chi connectivity index (χ1v) is 9.12. The standard InChI is InChI=1S/C19H17Cl2F3N2O3/c1-9(2)16(26-17(28)12-8-11(20)4-6-15(12)27)18(29)25-14-5-3-10(7-13(14)21)19(22,23)24/h3-9,16,27H,1-2H3,(H,25,29)(H,26,28). The summed E-state index contributed by atoms with van der Waals surface area (Å²) in [6.07, 6.45) is -4.57. The number of phenolic OH excluding ortho intramolecular Hbond substituents is 1. The predicted octanol–water partition coefficient (Wildman–Crippen LogP) is 5.11. The van der Waals surface area contributed by atoms with Crippen molar-refractivity contribution in [3.8, 4) is 5.75 Å². The zero-order chi connectivity index (χ0) is 21.9. The van der Waals surface area contributed by atoms with E-state index in [1.165, 1.54) is 18.2 Å². The van der Waals surface area contributed by atoms with E-state index in [4.69, 9.17) is 23.2 Å². The van der Waals surface area contributed by atoms with Crippen LogP contribution in [0.25, 0.3) is 0 Å². The summed E-state index contributed by atoms with van der Waals surface area (Å²) in [6, 6.07) is 5.34. The van der Waals surface area contributed by atoms with Crippen molar-refractivity contribution in [3.63, 3.8) is 0 Å². The molecule has 29 heavy (non-hydrogen) atoms. The van der Waals surface area contributed by atoms with Crippen LogP contribution in [0.3, 0.4) is 0 Å². The zero-order valence-corrected chi connectivity index (χ0v) is 16.8. The molecule has 0 aromatic heterocycles. The summed E-state index contributed by atoms with van der Waals surface area (Å²) in [6.45, 7) is 3.33. The van der Waals surface area contributed by atoms with Gasteiger partial charge in [0, 0.05) is 5.02 Å². The molecule has 2 aromatic rings. The maximum Gasteiger partial charge on any atom is 0.416 e. The van der Waals surface area contributed by atoms with Crippen molar-refractivity contribution >= 4 is 40.7 Å². The van der Waals surface area contributed by atoms with Gasteiger partial charge in [-0.2, -0.15) is 13.2 Å². The van der Waals surface area contributed by atoms with Crippen LogP contribution < -0.4 is 10.6 Å². The van der Waals surface area contributed by atoms with Gasteiger partial charge in [-0.05, 0) is 42.3 Å². The smallest absolute Gasteiger partial charge is 0.416 e. The van der Waals surface area contributed by atoms with E-state index in [1.807, 2.05) is 0 Å². The molecule has 2 amide bonds. The van der Waals surface area contributed by atoms with Crippen molar-refractivity contribution in [2.24, 2.45) is 5.92 Å². The summed E-state index contributed by atoms with van der Waals surface area (Å²) in [7, 11) is 0. The van der Waals surface area contributed by atoms with Gasteiger partial charge >= 0.3 is 6.18 Å². The molecular formula is C19H17Cl2F3N2O3. The predicted molar refractivity (Wildman–Crippen MR) is 104 cm³/mol. The molecule has 0 saturated carbocycles. The van der Waals surface area contributed by atoms with E-state index in [1.54, 1.807) is 13.8 Å². The van der Waals surface area contributed by atoms with Crippen molar-refractivity contribution in [3.05, 3.63) is 57.6 Å². The van der Waals surface area contributed by atoms with Crippen LogP contribution in [0, 0.1) is 5.92 Å². The SMILES string of the molecule is CC(C)C(NC(=O)c1cc(Cl)ccc1O)C(=O)Nc1ccc(C(F)(F)F)cc1Cl. The topological polar surface area (TPSA) is 78.4 Å². The van der Waals surface area contributed by atoms with Gasteiger partial charge in [-0.25, -0.2) is 0 Å². The van der Waals surface area contributed by atoms with Crippen molar-refractivity contribution in [2.45, 2.75) is 26.1 Å². The molecule has 0 bridgehead atoms. The van der Waals surface area contributed by atoms with Crippen LogP contribution in [-0.4, -0.2) is 23.0 Å². The zero-order valence-electron chi connectivity index (χ0n) is 15.3. The van der Waals surface area contributed by atoms with E-state index < -0.39 is 29.6 Å². The first kappa shape index (κ1) is 22.8. The van der Waals surface area contributed by atoms with Crippen LogP contribution in [0.2, 0.25) is 10.0 Å². The summed E-state index contributed by atoms with van der Waals surface area (Å²) >= 11 is 11.7. The number of carbonyl (C=O) groups is 2. The lowest BCUT2D eigenvalue weighted by atomic mass is 10.0. The lowest BCUT2D eigenvalue weighted by Crippen LogP contribution is -2.47. The number of aromatic hydroxyl groups is 1. The summed E-state index contributed by atoms with van der Waals surface area (Å²) in [5, 5.41) is 14.6. The van der Waals surface area contributed by atoms with Crippen molar-refractivity contribution < 1.29 is 27.9 Å². The Hall–Kier alpha value is -2.45. The van der Waals surface area contributed by atoms with E-state index in [2.05, 4.69) is 10.6 Å². The van der Waals surface area contributed by atoms with E-state index in [0.29, 0.717) is 6.07 Å². The number of nitrogens with one attached hydrogen (secondary N) is 2. The lowest BCUT2D eigenvalue weighted by molar-refractivity contribution is -0.137. The normalized spacial score (nSPS) is 12.6. The Morgan fingerprint density at radius 1 is 1.07 bits per heavy atom. The van der Waals surface area contributed by atoms with E-state index in [-0.39, 0.29) is 33.0 Å². The van der Waals surface area contributed by atoms with Crippen LogP contribution in [0.15, 0.2) is 36.4 Å². The largest absolute Gasteiger partial charge is 0.507 e. The molecule has 0 heterocycles. The molecule has 1 atom stereocenters. The Morgan fingerprint density at radius 3 is 2.28 bits per heavy atom. The summed E-state index contributed by atoms with van der Waals surface area (Å²) in [4.78, 5) is 25.1. The number of anilines is 1. The molecule has 0 aliphatic carbocycles. The van der Waals surface area contributed by atoms with Gasteiger partial charge in [-0.15, -0.1) is 0 Å². The number of amides is 2. The van der Waals surface area contributed by atoms with Gasteiger partial charge in [0.05, 0.1) is 21.8 Å². The fraction of sp³-hybridized carbons (Fsp3) is 0.263. The van der Waals surface area contributed by atoms with Gasteiger partial charge < -0.3 is 15.7 Å². The van der Waals surface area contributed by atoms with Crippen LogP contribution in [0.1, 0.15) is 29.8 Å². The molecule has 0 spiro atoms. The molecule has 0 aliphatic heterocycles. The summed E-state index contributed by atoms with van der Waals surface area (Å²) in [5.41, 5.74) is -1.11. The van der Waals surface area contributed by atoms with Gasteiger partial charge in [0.25, 0.3) is 5.91 Å². The summed E-state index contributed by atoms with van der Waals surface area (Å²) in [5.74, 6) is -2.12. The second-order valence-electron chi connectivity index (χ2n) is 6.54. The minimum absolute atomic E-state index is 0.0323. The highest BCUT2D eigenvalue weighted by molar-refractivity contribution is 6.34. The third kappa shape index (κ3) is 5.77. The fourth-order valence-corrected chi connectivity index (χ4v) is 2.85. The molecule has 5 nitrogen and oxygen atoms in total. The highest BCUT2D eigenvalue weighted by Gasteiger charge is 2.31. The number of hydrogen-bond acceptors (Lipinski definition) is 3. The second-order valence-corrected chi connectivity index (χ2v) is 7.38. The number of phenols is 1. The fourth-order valence-electron chi connectivity index (χ4n) is 2.45. The van der Waals surface area contributed by atoms with E-state index >= 15 is 0 Å². The minimum Gasteiger partial charge on any atom is -0.507 e. The van der Waals surface area contributed by atoms with Gasteiger partial charge in [0.15, 0.2) is 0 Å². The number of benzene rings is 2. The first-order chi connectivity index (χ1) is 13.4. The molecule has 3 N–H and O–H groups in total. The van der Waals surface area contributed by atoms with Gasteiger partial charge in [0.1, 0.15) is 11.8 Å². The van der Waals surface area contributed by atoms with Crippen LogP contribution in [0.5, 0.6) is 5.75 Å². The molecule has 2 rings (SSSR count). The number of hydrogen-bond donors (Lipinski definition) is 3. The maximum absolute atomic E-state index is 12.7. The van der Waals surface area contributed by atoms with Gasteiger partial charge in [-0.3, -0.25) is 9.59 Å². The average Bonchev–Trinajstić information content (AvgIpc) is 2.61. The number of alkyl halides is 3. The van der Waals surface area contributed by atoms with Gasteiger partial charge in [-0.1, -0.05) is 37.0 Å². The highest BCUT2D eigenvalue weighted by Crippen LogP contribution is 2.34. The Bertz CT molecular complexity index is 933. The van der Waals surface area contributed by atoms with Crippen LogP contribution in [-0.2, 0) is 11.0 Å². The van der Waals surface area contributed by atoms with Crippen molar-refractivity contribution in [2.75, 3.05) is 5.32 Å². The third-order valence-corrected chi connectivity index (χ3v) is 4.54. The Labute approximate surface area is 174 Å². The minimum atomic E-state index is -4.57. The molecule has 0 saturated heterocycles. The highest BCUT2D eigenvalue weighted by atomic mass is 35.5. The molecule has 2 aromatic carbocycles. The molecule has 0 radical (unpaired) electrons. The van der Waals surface area contributed by atoms with Crippen molar-refractivity contribution in [1.82, 2.24) is 5.32 Å². The lowest BCUT2D eigenvalue weighted by Gasteiger charge is -2.22. The van der Waals surface area contributed by atoms with Crippen LogP contribution in [0.4, 0.5) is 18.9 Å². The van der Waals surface area contributed by atoms with E-state index in [9.17, 15) is 27.9 Å². The second kappa shape index (κ2) is 8.92. The van der Waals surface area contributed by atoms with Crippen molar-refractivity contribution in [1.29, 1.82) is 0 Å². The number of carbonyl (C=O) groups excluding carboxylic acids is 2. The Morgan fingerprint density at radius 2 is 1.72 bits per heavy atom. The molecule has 0 aliphatic rings. The van der Waals surface area contributed by atoms with E-state index in [0.717, 1.165) is 12.1 Å². The summed E-state index contributed by atoms with van der Waals surface area (Å²) < 4.78 is 38.2. The Balaban J connectivity index is 2.20. The van der Waals surface area contributed by atoms with Crippen LogP contribution >= 0.6 is 23.2 Å². The maximum atomic E-state index is 12.7. The molecule has 0 fully saturated rings. The molecule has 10 heteroatoms. The third-order valence-electron chi connectivity index (χ3n) is 3.99. The average molecular weight is 449 g/mol. The monoisotopic (exact) mass is 448 g/mol. The first-order valence-electron chi connectivity index (χ1n) is 8.37. The molecule has 156 valence electrons.